The van der Waals surface area contributed by atoms with Gasteiger partial charge in [0.2, 0.25) is 0 Å². The molecule has 0 aromatic heterocycles. The van der Waals surface area contributed by atoms with Gasteiger partial charge < -0.3 is 5.32 Å². The molecule has 0 bridgehead atoms. The molecule has 1 aromatic rings. The fraction of sp³-hybridized carbons (Fsp3) is 0.684. The molecular weight excluding hydrogens is 242 g/mol. The van der Waals surface area contributed by atoms with Crippen molar-refractivity contribution in [3.63, 3.8) is 0 Å². The van der Waals surface area contributed by atoms with Crippen molar-refractivity contribution < 1.29 is 0 Å². The predicted octanol–water partition coefficient (Wildman–Crippen LogP) is 5.11. The van der Waals surface area contributed by atoms with Crippen LogP contribution in [-0.2, 0) is 6.42 Å². The van der Waals surface area contributed by atoms with Crippen LogP contribution in [0.5, 0.6) is 0 Å². The number of nitrogens with one attached hydrogen (secondary N) is 1. The number of rotatable bonds is 6. The van der Waals surface area contributed by atoms with Crippen molar-refractivity contribution in [2.45, 2.75) is 71.9 Å². The van der Waals surface area contributed by atoms with E-state index in [0.717, 1.165) is 17.9 Å². The number of hydrogen-bond acceptors (Lipinski definition) is 1. The molecular formula is C19H31N. The van der Waals surface area contributed by atoms with Crippen molar-refractivity contribution in [3.8, 4) is 0 Å². The fourth-order valence-corrected chi connectivity index (χ4v) is 3.58. The Balaban J connectivity index is 1.93. The molecule has 1 aromatic carbocycles. The highest BCUT2D eigenvalue weighted by Crippen LogP contribution is 2.30. The first-order valence-corrected chi connectivity index (χ1v) is 8.45. The highest BCUT2D eigenvalue weighted by molar-refractivity contribution is 5.25. The van der Waals surface area contributed by atoms with Gasteiger partial charge in [0.25, 0.3) is 0 Å². The molecule has 3 unspecified atom stereocenters. The lowest BCUT2D eigenvalue weighted by Crippen LogP contribution is -2.34. The first-order chi connectivity index (χ1) is 9.60. The standard InChI is InChI=1S/C19H31N/c1-5-17-7-6-8-19(17)20-15(4)18-11-9-16(10-12-18)13-14(2)3/h9-12,14-15,17,19-20H,5-8,13H2,1-4H3. The predicted molar refractivity (Wildman–Crippen MR) is 88.0 cm³/mol. The van der Waals surface area contributed by atoms with E-state index in [9.17, 15) is 0 Å². The molecule has 1 heteroatoms. The van der Waals surface area contributed by atoms with E-state index in [0.29, 0.717) is 6.04 Å². The van der Waals surface area contributed by atoms with Gasteiger partial charge in [0.1, 0.15) is 0 Å². The van der Waals surface area contributed by atoms with Crippen LogP contribution in [0.15, 0.2) is 24.3 Å². The average Bonchev–Trinajstić information content (AvgIpc) is 2.86. The van der Waals surface area contributed by atoms with Crippen LogP contribution in [0.3, 0.4) is 0 Å². The van der Waals surface area contributed by atoms with Crippen LogP contribution >= 0.6 is 0 Å². The molecule has 112 valence electrons. The third-order valence-corrected chi connectivity index (χ3v) is 4.77. The summed E-state index contributed by atoms with van der Waals surface area (Å²) in [5.74, 6) is 1.62. The SMILES string of the molecule is CCC1CCCC1NC(C)c1ccc(CC(C)C)cc1. The Bertz CT molecular complexity index is 393. The van der Waals surface area contributed by atoms with Gasteiger partial charge in [0.05, 0.1) is 0 Å². The Morgan fingerprint density at radius 1 is 1.10 bits per heavy atom. The van der Waals surface area contributed by atoms with Crippen molar-refractivity contribution in [2.24, 2.45) is 11.8 Å². The summed E-state index contributed by atoms with van der Waals surface area (Å²) in [6, 6.07) is 10.4. The molecule has 0 aliphatic heterocycles. The second-order valence-electron chi connectivity index (χ2n) is 6.93. The van der Waals surface area contributed by atoms with Crippen molar-refractivity contribution in [3.05, 3.63) is 35.4 Å². The largest absolute Gasteiger partial charge is 0.307 e. The van der Waals surface area contributed by atoms with E-state index in [-0.39, 0.29) is 0 Å². The molecule has 0 radical (unpaired) electrons. The number of hydrogen-bond donors (Lipinski definition) is 1. The van der Waals surface area contributed by atoms with Crippen LogP contribution < -0.4 is 5.32 Å². The van der Waals surface area contributed by atoms with Gasteiger partial charge in [0, 0.05) is 12.1 Å². The quantitative estimate of drug-likeness (QED) is 0.759. The minimum Gasteiger partial charge on any atom is -0.307 e. The summed E-state index contributed by atoms with van der Waals surface area (Å²) >= 11 is 0. The van der Waals surface area contributed by atoms with Crippen molar-refractivity contribution >= 4 is 0 Å². The first-order valence-electron chi connectivity index (χ1n) is 8.45. The van der Waals surface area contributed by atoms with Crippen LogP contribution in [0.2, 0.25) is 0 Å². The first kappa shape index (κ1) is 15.6. The minimum absolute atomic E-state index is 0.472. The van der Waals surface area contributed by atoms with Crippen LogP contribution in [-0.4, -0.2) is 6.04 Å². The highest BCUT2D eigenvalue weighted by Gasteiger charge is 2.26. The zero-order valence-corrected chi connectivity index (χ0v) is 13.7. The summed E-state index contributed by atoms with van der Waals surface area (Å²) in [5, 5.41) is 3.86. The zero-order valence-electron chi connectivity index (χ0n) is 13.7. The highest BCUT2D eigenvalue weighted by atomic mass is 15.0. The maximum absolute atomic E-state index is 3.86. The lowest BCUT2D eigenvalue weighted by atomic mass is 9.97. The maximum Gasteiger partial charge on any atom is 0.0294 e. The Labute approximate surface area is 125 Å². The van der Waals surface area contributed by atoms with Crippen molar-refractivity contribution in [2.75, 3.05) is 0 Å². The van der Waals surface area contributed by atoms with Crippen molar-refractivity contribution in [1.29, 1.82) is 0 Å². The van der Waals surface area contributed by atoms with Gasteiger partial charge in [0.15, 0.2) is 0 Å². The Hall–Kier alpha value is -0.820. The summed E-state index contributed by atoms with van der Waals surface area (Å²) < 4.78 is 0. The Morgan fingerprint density at radius 2 is 1.80 bits per heavy atom. The fourth-order valence-electron chi connectivity index (χ4n) is 3.58. The molecule has 1 nitrogen and oxygen atoms in total. The second kappa shape index (κ2) is 7.26. The van der Waals surface area contributed by atoms with Gasteiger partial charge in [-0.1, -0.05) is 57.9 Å². The molecule has 3 atom stereocenters. The minimum atomic E-state index is 0.472. The monoisotopic (exact) mass is 273 g/mol. The summed E-state index contributed by atoms with van der Waals surface area (Å²) in [6.07, 6.45) is 6.67. The van der Waals surface area contributed by atoms with E-state index >= 15 is 0 Å². The third-order valence-electron chi connectivity index (χ3n) is 4.77. The lowest BCUT2D eigenvalue weighted by molar-refractivity contribution is 0.360. The average molecular weight is 273 g/mol. The lowest BCUT2D eigenvalue weighted by Gasteiger charge is -2.24. The van der Waals surface area contributed by atoms with Crippen LogP contribution in [0, 0.1) is 11.8 Å². The van der Waals surface area contributed by atoms with Gasteiger partial charge in [-0.05, 0) is 49.1 Å². The number of benzene rings is 1. The Morgan fingerprint density at radius 3 is 2.40 bits per heavy atom. The smallest absolute Gasteiger partial charge is 0.0294 e. The molecule has 0 heterocycles. The zero-order chi connectivity index (χ0) is 14.5. The topological polar surface area (TPSA) is 12.0 Å². The van der Waals surface area contributed by atoms with Crippen LogP contribution in [0.25, 0.3) is 0 Å². The summed E-state index contributed by atoms with van der Waals surface area (Å²) in [5.41, 5.74) is 2.89. The van der Waals surface area contributed by atoms with Gasteiger partial charge in [-0.2, -0.15) is 0 Å². The molecule has 0 amide bonds. The van der Waals surface area contributed by atoms with Gasteiger partial charge in [-0.15, -0.1) is 0 Å². The van der Waals surface area contributed by atoms with Crippen molar-refractivity contribution in [1.82, 2.24) is 5.32 Å². The second-order valence-corrected chi connectivity index (χ2v) is 6.93. The molecule has 0 spiro atoms. The van der Waals surface area contributed by atoms with Gasteiger partial charge >= 0.3 is 0 Å². The normalized spacial score (nSPS) is 24.2. The molecule has 1 fully saturated rings. The van der Waals surface area contributed by atoms with Crippen LogP contribution in [0.1, 0.15) is 70.5 Å². The van der Waals surface area contributed by atoms with E-state index in [1.807, 2.05) is 0 Å². The van der Waals surface area contributed by atoms with E-state index in [1.165, 1.54) is 43.2 Å². The van der Waals surface area contributed by atoms with E-state index in [4.69, 9.17) is 0 Å². The molecule has 0 saturated heterocycles. The van der Waals surface area contributed by atoms with E-state index in [1.54, 1.807) is 0 Å². The molecule has 2 rings (SSSR count). The molecule has 1 aliphatic carbocycles. The van der Waals surface area contributed by atoms with E-state index < -0.39 is 0 Å². The summed E-state index contributed by atoms with van der Waals surface area (Å²) in [6.45, 7) is 9.20. The molecule has 20 heavy (non-hydrogen) atoms. The molecule has 1 saturated carbocycles. The Kier molecular flexibility index (Phi) is 5.65. The van der Waals surface area contributed by atoms with Gasteiger partial charge in [-0.25, -0.2) is 0 Å². The summed E-state index contributed by atoms with van der Waals surface area (Å²) in [7, 11) is 0. The van der Waals surface area contributed by atoms with Crippen LogP contribution in [0.4, 0.5) is 0 Å². The molecule has 1 aliphatic rings. The summed E-state index contributed by atoms with van der Waals surface area (Å²) in [4.78, 5) is 0. The van der Waals surface area contributed by atoms with Gasteiger partial charge in [-0.3, -0.25) is 0 Å². The third kappa shape index (κ3) is 4.09. The van der Waals surface area contributed by atoms with E-state index in [2.05, 4.69) is 57.3 Å². The maximum atomic E-state index is 3.86. The molecule has 1 N–H and O–H groups in total.